The number of nitrogens with zero attached hydrogens (tertiary/aromatic N) is 1. The molecule has 31 heavy (non-hydrogen) atoms. The number of hydrogen-bond acceptors (Lipinski definition) is 1. The first-order valence-electron chi connectivity index (χ1n) is 12.5. The van der Waals surface area contributed by atoms with E-state index in [4.69, 9.17) is 0 Å². The molecule has 2 heterocycles. The molecular formula is C27H38FN3+2. The standard InChI is InChI=1S/C27H36FN3/c28-26-8-4-5-9-27(26)31-20-18-30(19-21-31)25-14-16-29(17-15-25)24-12-10-23(11-13-24)22-6-2-1-3-7-22/h1-9,23-25H,10-21H2/p+2. The van der Waals surface area contributed by atoms with Crippen LogP contribution in [0.25, 0.3) is 0 Å². The van der Waals surface area contributed by atoms with Crippen LogP contribution in [0.1, 0.15) is 50.0 Å². The summed E-state index contributed by atoms with van der Waals surface area (Å²) in [7, 11) is 0. The number of benzene rings is 2. The molecule has 4 heteroatoms. The summed E-state index contributed by atoms with van der Waals surface area (Å²) in [6.07, 6.45) is 8.25. The van der Waals surface area contributed by atoms with E-state index in [2.05, 4.69) is 35.2 Å². The first-order chi connectivity index (χ1) is 15.3. The van der Waals surface area contributed by atoms with Gasteiger partial charge in [0.1, 0.15) is 5.82 Å². The molecule has 0 unspecified atom stereocenters. The molecule has 3 aliphatic rings. The lowest BCUT2D eigenvalue weighted by atomic mass is 9.81. The number of quaternary nitrogens is 2. The average molecular weight is 424 g/mol. The quantitative estimate of drug-likeness (QED) is 0.769. The normalized spacial score (nSPS) is 30.3. The number of anilines is 1. The molecule has 3 fully saturated rings. The molecule has 3 nitrogen and oxygen atoms in total. The average Bonchev–Trinajstić information content (AvgIpc) is 2.85. The molecule has 2 aliphatic heterocycles. The van der Waals surface area contributed by atoms with Crippen molar-refractivity contribution in [2.45, 2.75) is 56.5 Å². The minimum atomic E-state index is -0.0788. The lowest BCUT2D eigenvalue weighted by molar-refractivity contribution is -0.969. The maximum absolute atomic E-state index is 14.1. The minimum Gasteiger partial charge on any atom is -0.358 e. The van der Waals surface area contributed by atoms with Gasteiger partial charge in [-0.3, -0.25) is 0 Å². The van der Waals surface area contributed by atoms with Crippen molar-refractivity contribution < 1.29 is 14.2 Å². The number of hydrogen-bond donors (Lipinski definition) is 2. The molecule has 166 valence electrons. The summed E-state index contributed by atoms with van der Waals surface area (Å²) >= 11 is 0. The van der Waals surface area contributed by atoms with Crippen LogP contribution >= 0.6 is 0 Å². The molecule has 1 aliphatic carbocycles. The van der Waals surface area contributed by atoms with E-state index in [9.17, 15) is 4.39 Å². The van der Waals surface area contributed by atoms with Gasteiger partial charge in [0.15, 0.2) is 0 Å². The zero-order valence-electron chi connectivity index (χ0n) is 18.7. The van der Waals surface area contributed by atoms with Gasteiger partial charge in [-0.1, -0.05) is 42.5 Å². The number of para-hydroxylation sites is 1. The van der Waals surface area contributed by atoms with E-state index in [1.54, 1.807) is 22.6 Å². The van der Waals surface area contributed by atoms with Crippen molar-refractivity contribution >= 4 is 5.69 Å². The van der Waals surface area contributed by atoms with Crippen molar-refractivity contribution in [1.82, 2.24) is 0 Å². The van der Waals surface area contributed by atoms with Crippen molar-refractivity contribution in [3.63, 3.8) is 0 Å². The molecule has 0 aromatic heterocycles. The van der Waals surface area contributed by atoms with Gasteiger partial charge in [-0.2, -0.15) is 0 Å². The summed E-state index contributed by atoms with van der Waals surface area (Å²) in [6, 6.07) is 20.1. The second-order valence-electron chi connectivity index (χ2n) is 9.99. The molecule has 0 radical (unpaired) electrons. The van der Waals surface area contributed by atoms with Gasteiger partial charge >= 0.3 is 0 Å². The van der Waals surface area contributed by atoms with Gasteiger partial charge in [0, 0.05) is 12.8 Å². The molecule has 1 saturated carbocycles. The Morgan fingerprint density at radius 1 is 0.645 bits per heavy atom. The predicted molar refractivity (Wildman–Crippen MR) is 124 cm³/mol. The summed E-state index contributed by atoms with van der Waals surface area (Å²) in [5.74, 6) is 0.703. The van der Waals surface area contributed by atoms with E-state index >= 15 is 0 Å². The van der Waals surface area contributed by atoms with Crippen LogP contribution in [0.4, 0.5) is 10.1 Å². The predicted octanol–water partition coefficient (Wildman–Crippen LogP) is 2.30. The van der Waals surface area contributed by atoms with Crippen LogP contribution in [0.3, 0.4) is 0 Å². The van der Waals surface area contributed by atoms with Crippen LogP contribution in [0.5, 0.6) is 0 Å². The molecule has 2 N–H and O–H groups in total. The molecule has 2 saturated heterocycles. The van der Waals surface area contributed by atoms with E-state index in [1.807, 2.05) is 17.0 Å². The molecular weight excluding hydrogens is 385 g/mol. The topological polar surface area (TPSA) is 12.1 Å². The Balaban J connectivity index is 1.07. The SMILES string of the molecule is Fc1ccccc1N1CC[NH+](C2CC[NH+](C3CCC(c4ccccc4)CC3)CC2)CC1. The maximum atomic E-state index is 14.1. The van der Waals surface area contributed by atoms with E-state index in [0.29, 0.717) is 0 Å². The van der Waals surface area contributed by atoms with E-state index < -0.39 is 0 Å². The fourth-order valence-corrected chi connectivity index (χ4v) is 6.52. The van der Waals surface area contributed by atoms with E-state index in [1.165, 1.54) is 51.6 Å². The highest BCUT2D eigenvalue weighted by Gasteiger charge is 2.36. The smallest absolute Gasteiger partial charge is 0.146 e. The summed E-state index contributed by atoms with van der Waals surface area (Å²) in [4.78, 5) is 5.89. The van der Waals surface area contributed by atoms with Crippen LogP contribution < -0.4 is 14.7 Å². The second kappa shape index (κ2) is 9.70. The first kappa shape index (κ1) is 21.0. The molecule has 2 aromatic rings. The summed E-state index contributed by atoms with van der Waals surface area (Å²) in [5, 5.41) is 0. The number of rotatable bonds is 4. The van der Waals surface area contributed by atoms with Crippen LogP contribution in [-0.4, -0.2) is 51.4 Å². The van der Waals surface area contributed by atoms with Crippen LogP contribution in [0.2, 0.25) is 0 Å². The summed E-state index contributed by atoms with van der Waals surface area (Å²) < 4.78 is 14.1. The van der Waals surface area contributed by atoms with Crippen molar-refractivity contribution in [1.29, 1.82) is 0 Å². The Hall–Kier alpha value is -1.91. The number of halogens is 1. The molecule has 5 rings (SSSR count). The van der Waals surface area contributed by atoms with Gasteiger partial charge in [0.25, 0.3) is 0 Å². The fourth-order valence-electron chi connectivity index (χ4n) is 6.52. The van der Waals surface area contributed by atoms with Gasteiger partial charge in [-0.15, -0.1) is 0 Å². The van der Waals surface area contributed by atoms with Gasteiger partial charge in [0.05, 0.1) is 57.0 Å². The highest BCUT2D eigenvalue weighted by Crippen LogP contribution is 2.32. The number of piperidine rings is 1. The largest absolute Gasteiger partial charge is 0.358 e. The monoisotopic (exact) mass is 423 g/mol. The molecule has 0 atom stereocenters. The van der Waals surface area contributed by atoms with Gasteiger partial charge in [-0.25, -0.2) is 4.39 Å². The van der Waals surface area contributed by atoms with Gasteiger partial charge in [-0.05, 0) is 49.3 Å². The zero-order valence-corrected chi connectivity index (χ0v) is 18.7. The number of likely N-dealkylation sites (tertiary alicyclic amines) is 1. The van der Waals surface area contributed by atoms with Gasteiger partial charge < -0.3 is 14.7 Å². The highest BCUT2D eigenvalue weighted by molar-refractivity contribution is 5.47. The van der Waals surface area contributed by atoms with Crippen molar-refractivity contribution in [2.75, 3.05) is 44.2 Å². The van der Waals surface area contributed by atoms with Crippen molar-refractivity contribution in [3.05, 3.63) is 66.0 Å². The summed E-state index contributed by atoms with van der Waals surface area (Å²) in [5.41, 5.74) is 2.33. The molecule has 0 spiro atoms. The Morgan fingerprint density at radius 3 is 1.90 bits per heavy atom. The van der Waals surface area contributed by atoms with E-state index in [-0.39, 0.29) is 5.82 Å². The molecule has 0 amide bonds. The van der Waals surface area contributed by atoms with Gasteiger partial charge in [0.2, 0.25) is 0 Å². The van der Waals surface area contributed by atoms with Crippen LogP contribution in [0.15, 0.2) is 54.6 Å². The van der Waals surface area contributed by atoms with Crippen LogP contribution in [0, 0.1) is 5.82 Å². The third-order valence-corrected chi connectivity index (χ3v) is 8.38. The zero-order chi connectivity index (χ0) is 21.0. The molecule has 0 bridgehead atoms. The number of nitrogens with one attached hydrogen (secondary N) is 2. The second-order valence-corrected chi connectivity index (χ2v) is 9.99. The third kappa shape index (κ3) is 4.80. The first-order valence-corrected chi connectivity index (χ1v) is 12.5. The minimum absolute atomic E-state index is 0.0788. The lowest BCUT2D eigenvalue weighted by Gasteiger charge is -2.42. The number of piperazine rings is 1. The van der Waals surface area contributed by atoms with Crippen molar-refractivity contribution in [2.24, 2.45) is 0 Å². The fraction of sp³-hybridized carbons (Fsp3) is 0.556. The van der Waals surface area contributed by atoms with Crippen molar-refractivity contribution in [3.8, 4) is 0 Å². The van der Waals surface area contributed by atoms with E-state index in [0.717, 1.165) is 49.9 Å². The maximum Gasteiger partial charge on any atom is 0.146 e. The third-order valence-electron chi connectivity index (χ3n) is 8.38. The summed E-state index contributed by atoms with van der Waals surface area (Å²) in [6.45, 7) is 6.96. The lowest BCUT2D eigenvalue weighted by Crippen LogP contribution is -3.23. The Morgan fingerprint density at radius 2 is 1.23 bits per heavy atom. The van der Waals surface area contributed by atoms with Crippen LogP contribution in [-0.2, 0) is 0 Å². The molecule has 2 aromatic carbocycles. The Bertz CT molecular complexity index is 817. The highest BCUT2D eigenvalue weighted by atomic mass is 19.1. The Kier molecular flexibility index (Phi) is 6.56. The Labute approximate surface area is 186 Å².